The van der Waals surface area contributed by atoms with Crippen molar-refractivity contribution in [2.45, 2.75) is 101 Å². The van der Waals surface area contributed by atoms with Crippen LogP contribution in [0.5, 0.6) is 0 Å². The lowest BCUT2D eigenvalue weighted by Gasteiger charge is -2.40. The topological polar surface area (TPSA) is 55.4 Å². The van der Waals surface area contributed by atoms with E-state index in [0.29, 0.717) is 18.1 Å². The average Bonchev–Trinajstić information content (AvgIpc) is 2.55. The standard InChI is InChI=1S/C18H33NO3S/c1-23(20,21)16-12-10-14(11-13-16)17-8-5-9-18(19-17)22-15-6-3-2-4-7-15/h14-19H,2-13H2,1H3. The lowest BCUT2D eigenvalue weighted by Crippen LogP contribution is -2.49. The van der Waals surface area contributed by atoms with Crippen LogP contribution in [-0.2, 0) is 14.6 Å². The van der Waals surface area contributed by atoms with E-state index in [1.54, 1.807) is 0 Å². The third-order valence-corrected chi connectivity index (χ3v) is 7.87. The van der Waals surface area contributed by atoms with Gasteiger partial charge < -0.3 is 4.74 Å². The van der Waals surface area contributed by atoms with Crippen LogP contribution in [0.3, 0.4) is 0 Å². The maximum absolute atomic E-state index is 11.7. The van der Waals surface area contributed by atoms with Gasteiger partial charge in [0.1, 0.15) is 16.1 Å². The van der Waals surface area contributed by atoms with Gasteiger partial charge in [-0.25, -0.2) is 8.42 Å². The SMILES string of the molecule is CS(=O)(=O)C1CCC(C2CCCC(OC3CCCCC3)N2)CC1. The van der Waals surface area contributed by atoms with Crippen molar-refractivity contribution in [2.75, 3.05) is 6.26 Å². The minimum Gasteiger partial charge on any atom is -0.360 e. The second-order valence-corrected chi connectivity index (χ2v) is 10.3. The van der Waals surface area contributed by atoms with Gasteiger partial charge in [0.25, 0.3) is 0 Å². The van der Waals surface area contributed by atoms with E-state index >= 15 is 0 Å². The molecule has 1 saturated heterocycles. The molecule has 2 aliphatic carbocycles. The summed E-state index contributed by atoms with van der Waals surface area (Å²) in [6.45, 7) is 0. The summed E-state index contributed by atoms with van der Waals surface area (Å²) in [5, 5.41) is 3.65. The van der Waals surface area contributed by atoms with Crippen LogP contribution in [0.1, 0.15) is 77.0 Å². The summed E-state index contributed by atoms with van der Waals surface area (Å²) in [5.74, 6) is 0.630. The number of rotatable bonds is 4. The molecule has 2 atom stereocenters. The van der Waals surface area contributed by atoms with E-state index in [9.17, 15) is 8.42 Å². The zero-order valence-corrected chi connectivity index (χ0v) is 15.3. The maximum Gasteiger partial charge on any atom is 0.150 e. The highest BCUT2D eigenvalue weighted by molar-refractivity contribution is 7.91. The molecule has 2 unspecified atom stereocenters. The van der Waals surface area contributed by atoms with Gasteiger partial charge in [-0.2, -0.15) is 0 Å². The van der Waals surface area contributed by atoms with Crippen molar-refractivity contribution >= 4 is 9.84 Å². The van der Waals surface area contributed by atoms with Crippen molar-refractivity contribution in [3.05, 3.63) is 0 Å². The third-order valence-electron chi connectivity index (χ3n) is 6.18. The van der Waals surface area contributed by atoms with Crippen molar-refractivity contribution < 1.29 is 13.2 Å². The van der Waals surface area contributed by atoms with Crippen molar-refractivity contribution in [3.63, 3.8) is 0 Å². The minimum absolute atomic E-state index is 0.100. The van der Waals surface area contributed by atoms with Crippen LogP contribution in [0.15, 0.2) is 0 Å². The maximum atomic E-state index is 11.7. The third kappa shape index (κ3) is 4.93. The highest BCUT2D eigenvalue weighted by Crippen LogP contribution is 2.34. The Morgan fingerprint density at radius 3 is 2.17 bits per heavy atom. The van der Waals surface area contributed by atoms with Crippen LogP contribution in [0.2, 0.25) is 0 Å². The molecule has 0 spiro atoms. The van der Waals surface area contributed by atoms with Gasteiger partial charge in [-0.3, -0.25) is 5.32 Å². The summed E-state index contributed by atoms with van der Waals surface area (Å²) in [6.07, 6.45) is 15.9. The summed E-state index contributed by atoms with van der Waals surface area (Å²) >= 11 is 0. The molecule has 0 aromatic rings. The second kappa shape index (κ2) is 7.83. The van der Waals surface area contributed by atoms with E-state index in [4.69, 9.17) is 4.74 Å². The number of ether oxygens (including phenoxy) is 1. The fraction of sp³-hybridized carbons (Fsp3) is 1.00. The molecule has 0 aromatic heterocycles. The van der Waals surface area contributed by atoms with Crippen LogP contribution in [0.4, 0.5) is 0 Å². The van der Waals surface area contributed by atoms with E-state index in [1.807, 2.05) is 0 Å². The molecule has 0 amide bonds. The van der Waals surface area contributed by atoms with Gasteiger partial charge in [-0.1, -0.05) is 19.3 Å². The molecule has 0 bridgehead atoms. The summed E-state index contributed by atoms with van der Waals surface area (Å²) in [5.41, 5.74) is 0. The molecule has 3 aliphatic rings. The van der Waals surface area contributed by atoms with Gasteiger partial charge >= 0.3 is 0 Å². The largest absolute Gasteiger partial charge is 0.360 e. The van der Waals surface area contributed by atoms with Gasteiger partial charge in [0.15, 0.2) is 0 Å². The molecule has 5 heteroatoms. The van der Waals surface area contributed by atoms with Crippen LogP contribution in [-0.4, -0.2) is 38.3 Å². The summed E-state index contributed by atoms with van der Waals surface area (Å²) in [4.78, 5) is 0. The van der Waals surface area contributed by atoms with E-state index in [2.05, 4.69) is 5.32 Å². The van der Waals surface area contributed by atoms with Gasteiger partial charge in [0, 0.05) is 12.3 Å². The van der Waals surface area contributed by atoms with Crippen molar-refractivity contribution in [1.29, 1.82) is 0 Å². The van der Waals surface area contributed by atoms with Crippen LogP contribution >= 0.6 is 0 Å². The highest BCUT2D eigenvalue weighted by atomic mass is 32.2. The molecule has 0 radical (unpaired) electrons. The monoisotopic (exact) mass is 343 g/mol. The molecule has 23 heavy (non-hydrogen) atoms. The summed E-state index contributed by atoms with van der Waals surface area (Å²) in [7, 11) is -2.86. The average molecular weight is 344 g/mol. The minimum atomic E-state index is -2.86. The molecule has 134 valence electrons. The first-order valence-corrected chi connectivity index (χ1v) is 11.6. The quantitative estimate of drug-likeness (QED) is 0.850. The molecule has 0 aromatic carbocycles. The predicted octanol–water partition coefficient (Wildman–Crippen LogP) is 3.41. The molecule has 1 N–H and O–H groups in total. The Kier molecular flexibility index (Phi) is 6.02. The van der Waals surface area contributed by atoms with E-state index in [-0.39, 0.29) is 11.5 Å². The lowest BCUT2D eigenvalue weighted by atomic mass is 9.80. The first-order valence-electron chi connectivity index (χ1n) is 9.63. The predicted molar refractivity (Wildman–Crippen MR) is 93.1 cm³/mol. The first-order chi connectivity index (χ1) is 11.0. The Morgan fingerprint density at radius 2 is 1.52 bits per heavy atom. The molecule has 1 heterocycles. The molecule has 3 fully saturated rings. The molecule has 3 rings (SSSR count). The molecule has 2 saturated carbocycles. The zero-order chi connectivity index (χ0) is 16.3. The first kappa shape index (κ1) is 17.7. The Hall–Kier alpha value is -0.130. The number of piperidine rings is 1. The lowest BCUT2D eigenvalue weighted by molar-refractivity contribution is -0.0701. The summed E-state index contributed by atoms with van der Waals surface area (Å²) < 4.78 is 29.7. The summed E-state index contributed by atoms with van der Waals surface area (Å²) in [6, 6.07) is 0.526. The fourth-order valence-corrected chi connectivity index (χ4v) is 5.89. The Labute approximate surface area is 141 Å². The molecular weight excluding hydrogens is 310 g/mol. The normalized spacial score (nSPS) is 37.6. The Morgan fingerprint density at radius 1 is 0.826 bits per heavy atom. The van der Waals surface area contributed by atoms with Gasteiger partial charge in [0.05, 0.1) is 11.4 Å². The zero-order valence-electron chi connectivity index (χ0n) is 14.5. The Balaban J connectivity index is 1.47. The van der Waals surface area contributed by atoms with E-state index in [0.717, 1.165) is 32.1 Å². The highest BCUT2D eigenvalue weighted by Gasteiger charge is 2.34. The van der Waals surface area contributed by atoms with E-state index in [1.165, 1.54) is 51.2 Å². The number of sulfone groups is 1. The fourth-order valence-electron chi connectivity index (χ4n) is 4.76. The molecule has 4 nitrogen and oxygen atoms in total. The van der Waals surface area contributed by atoms with Crippen LogP contribution < -0.4 is 5.32 Å². The number of hydrogen-bond acceptors (Lipinski definition) is 4. The second-order valence-electron chi connectivity index (χ2n) is 7.96. The number of hydrogen-bond donors (Lipinski definition) is 1. The van der Waals surface area contributed by atoms with Crippen LogP contribution in [0, 0.1) is 5.92 Å². The van der Waals surface area contributed by atoms with Gasteiger partial charge in [0.2, 0.25) is 0 Å². The molecule has 1 aliphatic heterocycles. The van der Waals surface area contributed by atoms with Crippen molar-refractivity contribution in [3.8, 4) is 0 Å². The Bertz CT molecular complexity index is 465. The van der Waals surface area contributed by atoms with E-state index < -0.39 is 9.84 Å². The van der Waals surface area contributed by atoms with Crippen molar-refractivity contribution in [1.82, 2.24) is 5.32 Å². The van der Waals surface area contributed by atoms with Crippen molar-refractivity contribution in [2.24, 2.45) is 5.92 Å². The smallest absolute Gasteiger partial charge is 0.150 e. The van der Waals surface area contributed by atoms with Gasteiger partial charge in [-0.15, -0.1) is 0 Å². The van der Waals surface area contributed by atoms with Gasteiger partial charge in [-0.05, 0) is 63.7 Å². The number of nitrogens with one attached hydrogen (secondary N) is 1. The van der Waals surface area contributed by atoms with Crippen LogP contribution in [0.25, 0.3) is 0 Å². The molecular formula is C18H33NO3S.